The Morgan fingerprint density at radius 1 is 1.12 bits per heavy atom. The quantitative estimate of drug-likeness (QED) is 0.920. The first-order valence-electron chi connectivity index (χ1n) is 9.04. The lowest BCUT2D eigenvalue weighted by molar-refractivity contribution is -0.142. The molecule has 2 aromatic carbocycles. The van der Waals surface area contributed by atoms with E-state index >= 15 is 0 Å². The second-order valence-corrected chi connectivity index (χ2v) is 7.00. The van der Waals surface area contributed by atoms with Gasteiger partial charge in [-0.1, -0.05) is 36.4 Å². The zero-order valence-electron chi connectivity index (χ0n) is 14.5. The largest absolute Gasteiger partial charge is 0.350 e. The van der Waals surface area contributed by atoms with Crippen LogP contribution in [0.1, 0.15) is 35.6 Å². The first-order chi connectivity index (χ1) is 12.6. The van der Waals surface area contributed by atoms with Crippen molar-refractivity contribution in [1.29, 1.82) is 0 Å². The van der Waals surface area contributed by atoms with Gasteiger partial charge in [-0.2, -0.15) is 0 Å². The van der Waals surface area contributed by atoms with Crippen LogP contribution in [0.4, 0.5) is 4.39 Å². The molecule has 4 rings (SSSR count). The van der Waals surface area contributed by atoms with Crippen molar-refractivity contribution in [3.05, 3.63) is 71.0 Å². The van der Waals surface area contributed by atoms with E-state index in [1.165, 1.54) is 12.1 Å². The van der Waals surface area contributed by atoms with Crippen molar-refractivity contribution in [3.63, 3.8) is 0 Å². The van der Waals surface area contributed by atoms with Crippen LogP contribution in [0.5, 0.6) is 0 Å². The molecule has 1 fully saturated rings. The van der Waals surface area contributed by atoms with Crippen molar-refractivity contribution in [2.45, 2.75) is 31.8 Å². The molecule has 2 amide bonds. The minimum atomic E-state index is -0.610. The number of nitrogens with zero attached hydrogens (tertiary/aromatic N) is 1. The number of halogens is 1. The Morgan fingerprint density at radius 2 is 1.92 bits per heavy atom. The molecule has 1 aliphatic carbocycles. The molecular formula is C21H21FN2O2. The van der Waals surface area contributed by atoms with E-state index in [9.17, 15) is 14.0 Å². The van der Waals surface area contributed by atoms with Crippen LogP contribution in [0.3, 0.4) is 0 Å². The minimum Gasteiger partial charge on any atom is -0.350 e. The maximum atomic E-state index is 13.3. The Labute approximate surface area is 152 Å². The van der Waals surface area contributed by atoms with E-state index in [2.05, 4.69) is 5.32 Å². The van der Waals surface area contributed by atoms with E-state index in [-0.39, 0.29) is 30.1 Å². The van der Waals surface area contributed by atoms with Crippen molar-refractivity contribution < 1.29 is 14.0 Å². The summed E-state index contributed by atoms with van der Waals surface area (Å²) >= 11 is 0. The van der Waals surface area contributed by atoms with Gasteiger partial charge in [0.15, 0.2) is 0 Å². The van der Waals surface area contributed by atoms with E-state index in [4.69, 9.17) is 0 Å². The standard InChI is InChI=1S/C21H21FN2O2/c22-17-6-3-4-14(12-17)13-23-20(25)19-18-7-2-1-5-15(18)10-11-24(19)21(26)16-8-9-16/h1-7,12,16,19H,8-11,13H2,(H,23,25). The molecule has 0 saturated heterocycles. The maximum Gasteiger partial charge on any atom is 0.247 e. The Morgan fingerprint density at radius 3 is 2.69 bits per heavy atom. The number of amides is 2. The second-order valence-electron chi connectivity index (χ2n) is 7.00. The highest BCUT2D eigenvalue weighted by atomic mass is 19.1. The molecule has 2 aliphatic rings. The summed E-state index contributed by atoms with van der Waals surface area (Å²) in [6, 6.07) is 13.4. The fourth-order valence-electron chi connectivity index (χ4n) is 3.58. The first-order valence-corrected chi connectivity index (χ1v) is 9.04. The smallest absolute Gasteiger partial charge is 0.247 e. The predicted octanol–water partition coefficient (Wildman–Crippen LogP) is 2.98. The number of nitrogens with one attached hydrogen (secondary N) is 1. The fourth-order valence-corrected chi connectivity index (χ4v) is 3.58. The zero-order chi connectivity index (χ0) is 18.1. The topological polar surface area (TPSA) is 49.4 Å². The zero-order valence-corrected chi connectivity index (χ0v) is 14.5. The highest BCUT2D eigenvalue weighted by molar-refractivity contribution is 5.91. The molecule has 134 valence electrons. The molecule has 1 unspecified atom stereocenters. The maximum absolute atomic E-state index is 13.3. The summed E-state index contributed by atoms with van der Waals surface area (Å²) in [5.74, 6) is -0.398. The summed E-state index contributed by atoms with van der Waals surface area (Å²) < 4.78 is 13.3. The van der Waals surface area contributed by atoms with Crippen molar-refractivity contribution >= 4 is 11.8 Å². The van der Waals surface area contributed by atoms with E-state index in [0.717, 1.165) is 30.4 Å². The van der Waals surface area contributed by atoms with E-state index in [1.54, 1.807) is 17.0 Å². The molecule has 0 radical (unpaired) electrons. The number of rotatable bonds is 4. The lowest BCUT2D eigenvalue weighted by Crippen LogP contribution is -2.47. The summed E-state index contributed by atoms with van der Waals surface area (Å²) in [7, 11) is 0. The van der Waals surface area contributed by atoms with Gasteiger partial charge in [0.05, 0.1) is 0 Å². The summed E-state index contributed by atoms with van der Waals surface area (Å²) in [4.78, 5) is 27.4. The number of benzene rings is 2. The van der Waals surface area contributed by atoms with Gasteiger partial charge >= 0.3 is 0 Å². The van der Waals surface area contributed by atoms with E-state index < -0.39 is 6.04 Å². The predicted molar refractivity (Wildman–Crippen MR) is 95.6 cm³/mol. The average Bonchev–Trinajstić information content (AvgIpc) is 3.50. The molecule has 0 aromatic heterocycles. The third kappa shape index (κ3) is 3.34. The molecule has 1 N–H and O–H groups in total. The molecule has 1 atom stereocenters. The van der Waals surface area contributed by atoms with Gasteiger partial charge < -0.3 is 10.2 Å². The highest BCUT2D eigenvalue weighted by Crippen LogP contribution is 2.37. The molecule has 2 aromatic rings. The molecular weight excluding hydrogens is 331 g/mol. The normalized spacial score (nSPS) is 19.0. The highest BCUT2D eigenvalue weighted by Gasteiger charge is 2.41. The van der Waals surface area contributed by atoms with Crippen LogP contribution in [-0.2, 0) is 22.6 Å². The summed E-state index contributed by atoms with van der Waals surface area (Å²) in [5.41, 5.74) is 2.70. The molecule has 1 saturated carbocycles. The van der Waals surface area contributed by atoms with Crippen LogP contribution in [0.15, 0.2) is 48.5 Å². The van der Waals surface area contributed by atoms with Crippen molar-refractivity contribution in [1.82, 2.24) is 10.2 Å². The molecule has 5 heteroatoms. The van der Waals surface area contributed by atoms with Gasteiger partial charge in [0.2, 0.25) is 11.8 Å². The van der Waals surface area contributed by atoms with Gasteiger partial charge in [-0.15, -0.1) is 0 Å². The van der Waals surface area contributed by atoms with Crippen molar-refractivity contribution in [2.75, 3.05) is 6.54 Å². The summed E-state index contributed by atoms with van der Waals surface area (Å²) in [6.07, 6.45) is 2.59. The van der Waals surface area contributed by atoms with Gasteiger partial charge in [-0.3, -0.25) is 9.59 Å². The SMILES string of the molecule is O=C(NCc1cccc(F)c1)C1c2ccccc2CCN1C(=O)C1CC1. The van der Waals surface area contributed by atoms with Gasteiger partial charge in [0, 0.05) is 19.0 Å². The molecule has 1 heterocycles. The second kappa shape index (κ2) is 6.90. The lowest BCUT2D eigenvalue weighted by atomic mass is 9.91. The average molecular weight is 352 g/mol. The molecule has 26 heavy (non-hydrogen) atoms. The van der Waals surface area contributed by atoms with Crippen LogP contribution >= 0.6 is 0 Å². The first kappa shape index (κ1) is 16.8. The van der Waals surface area contributed by atoms with Crippen molar-refractivity contribution in [2.24, 2.45) is 5.92 Å². The van der Waals surface area contributed by atoms with Crippen LogP contribution in [-0.4, -0.2) is 23.3 Å². The molecule has 4 nitrogen and oxygen atoms in total. The van der Waals surface area contributed by atoms with Gasteiger partial charge in [-0.25, -0.2) is 4.39 Å². The van der Waals surface area contributed by atoms with Gasteiger partial charge in [0.25, 0.3) is 0 Å². The van der Waals surface area contributed by atoms with E-state index in [1.807, 2.05) is 24.3 Å². The number of fused-ring (bicyclic) bond motifs is 1. The van der Waals surface area contributed by atoms with Crippen LogP contribution < -0.4 is 5.32 Å². The van der Waals surface area contributed by atoms with Crippen LogP contribution in [0.2, 0.25) is 0 Å². The Balaban J connectivity index is 1.57. The summed E-state index contributed by atoms with van der Waals surface area (Å²) in [6.45, 7) is 0.797. The third-order valence-corrected chi connectivity index (χ3v) is 5.10. The Kier molecular flexibility index (Phi) is 4.45. The monoisotopic (exact) mass is 352 g/mol. The number of carbonyl (C=O) groups excluding carboxylic acids is 2. The number of hydrogen-bond acceptors (Lipinski definition) is 2. The van der Waals surface area contributed by atoms with Gasteiger partial charge in [0.1, 0.15) is 11.9 Å². The van der Waals surface area contributed by atoms with Crippen molar-refractivity contribution in [3.8, 4) is 0 Å². The molecule has 0 spiro atoms. The van der Waals surface area contributed by atoms with Crippen LogP contribution in [0.25, 0.3) is 0 Å². The fraction of sp³-hybridized carbons (Fsp3) is 0.333. The Hall–Kier alpha value is -2.69. The molecule has 1 aliphatic heterocycles. The minimum absolute atomic E-state index is 0.0683. The van der Waals surface area contributed by atoms with Crippen LogP contribution in [0, 0.1) is 11.7 Å². The number of carbonyl (C=O) groups is 2. The Bertz CT molecular complexity index is 847. The third-order valence-electron chi connectivity index (χ3n) is 5.10. The molecule has 0 bridgehead atoms. The van der Waals surface area contributed by atoms with E-state index in [0.29, 0.717) is 12.1 Å². The lowest BCUT2D eigenvalue weighted by Gasteiger charge is -2.36. The van der Waals surface area contributed by atoms with Gasteiger partial charge in [-0.05, 0) is 48.1 Å². The number of hydrogen-bond donors (Lipinski definition) is 1. The summed E-state index contributed by atoms with van der Waals surface area (Å²) in [5, 5.41) is 2.88.